The Bertz CT molecular complexity index is 249. The van der Waals surface area contributed by atoms with Gasteiger partial charge in [-0.15, -0.1) is 0 Å². The summed E-state index contributed by atoms with van der Waals surface area (Å²) in [6.07, 6.45) is 0. The van der Waals surface area contributed by atoms with Crippen LogP contribution >= 0.6 is 0 Å². The topological polar surface area (TPSA) is 58.2 Å². The highest BCUT2D eigenvalue weighted by molar-refractivity contribution is 5.89. The molecule has 4 nitrogen and oxygen atoms in total. The molecule has 2 N–H and O–H groups in total. The summed E-state index contributed by atoms with van der Waals surface area (Å²) >= 11 is 0. The number of amides is 1. The maximum Gasteiger partial charge on any atom is 0.237 e. The van der Waals surface area contributed by atoms with Crippen LogP contribution in [-0.4, -0.2) is 29.8 Å². The Morgan fingerprint density at radius 2 is 1.50 bits per heavy atom. The minimum atomic E-state index is -0.414. The van der Waals surface area contributed by atoms with Crippen molar-refractivity contribution in [3.63, 3.8) is 0 Å². The standard InChI is InChI=1S/C12H24N2O2/c1-7(2)11(13-8(3)4)12(16)14-9(5)10(6)15/h7-9,11,13H,1-6H3,(H,14,16)/t9-,11-/m0/s1. The molecule has 0 saturated carbocycles. The summed E-state index contributed by atoms with van der Waals surface area (Å²) in [4.78, 5) is 23.0. The van der Waals surface area contributed by atoms with Crippen LogP contribution in [0.3, 0.4) is 0 Å². The SMILES string of the molecule is CC(=O)[C@H](C)NC(=O)[C@@H](NC(C)C)C(C)C. The molecular weight excluding hydrogens is 204 g/mol. The van der Waals surface area contributed by atoms with Crippen LogP contribution in [0.25, 0.3) is 0 Å². The molecule has 0 aliphatic carbocycles. The lowest BCUT2D eigenvalue weighted by atomic mass is 10.0. The second-order valence-electron chi connectivity index (χ2n) is 4.88. The van der Waals surface area contributed by atoms with Crippen molar-refractivity contribution in [3.05, 3.63) is 0 Å². The molecule has 0 fully saturated rings. The van der Waals surface area contributed by atoms with Crippen LogP contribution in [0.4, 0.5) is 0 Å². The third kappa shape index (κ3) is 5.26. The van der Waals surface area contributed by atoms with Crippen molar-refractivity contribution in [1.29, 1.82) is 0 Å². The summed E-state index contributed by atoms with van der Waals surface area (Å²) in [7, 11) is 0. The Hall–Kier alpha value is -0.900. The van der Waals surface area contributed by atoms with Crippen molar-refractivity contribution in [3.8, 4) is 0 Å². The molecule has 0 aromatic carbocycles. The minimum Gasteiger partial charge on any atom is -0.345 e. The van der Waals surface area contributed by atoms with Crippen molar-refractivity contribution in [1.82, 2.24) is 10.6 Å². The van der Waals surface area contributed by atoms with Gasteiger partial charge in [0.05, 0.1) is 12.1 Å². The smallest absolute Gasteiger partial charge is 0.237 e. The van der Waals surface area contributed by atoms with E-state index in [4.69, 9.17) is 0 Å². The van der Waals surface area contributed by atoms with Gasteiger partial charge in [-0.3, -0.25) is 9.59 Å². The molecule has 2 atom stereocenters. The van der Waals surface area contributed by atoms with Gasteiger partial charge < -0.3 is 10.6 Å². The van der Waals surface area contributed by atoms with E-state index in [0.29, 0.717) is 0 Å². The number of carbonyl (C=O) groups is 2. The fraction of sp³-hybridized carbons (Fsp3) is 0.833. The van der Waals surface area contributed by atoms with Crippen LogP contribution in [-0.2, 0) is 9.59 Å². The summed E-state index contributed by atoms with van der Waals surface area (Å²) in [5.74, 6) is 0.0633. The van der Waals surface area contributed by atoms with Crippen LogP contribution in [0.5, 0.6) is 0 Å². The van der Waals surface area contributed by atoms with E-state index in [0.717, 1.165) is 0 Å². The fourth-order valence-corrected chi connectivity index (χ4v) is 1.33. The number of carbonyl (C=O) groups excluding carboxylic acids is 2. The summed E-state index contributed by atoms with van der Waals surface area (Å²) in [6, 6.07) is -0.421. The van der Waals surface area contributed by atoms with Gasteiger partial charge in [-0.25, -0.2) is 0 Å². The highest BCUT2D eigenvalue weighted by atomic mass is 16.2. The van der Waals surface area contributed by atoms with Gasteiger partial charge in [0, 0.05) is 6.04 Å². The maximum atomic E-state index is 11.9. The minimum absolute atomic E-state index is 0.0274. The molecule has 94 valence electrons. The average Bonchev–Trinajstić information content (AvgIpc) is 2.12. The second-order valence-corrected chi connectivity index (χ2v) is 4.88. The Morgan fingerprint density at radius 1 is 1.00 bits per heavy atom. The summed E-state index contributed by atoms with van der Waals surface area (Å²) < 4.78 is 0. The number of ketones is 1. The fourth-order valence-electron chi connectivity index (χ4n) is 1.33. The molecule has 0 radical (unpaired) electrons. The van der Waals surface area contributed by atoms with Gasteiger partial charge in [-0.1, -0.05) is 27.7 Å². The Morgan fingerprint density at radius 3 is 1.81 bits per heavy atom. The van der Waals surface area contributed by atoms with Crippen molar-refractivity contribution >= 4 is 11.7 Å². The molecule has 0 aromatic heterocycles. The Balaban J connectivity index is 4.44. The Kier molecular flexibility index (Phi) is 6.26. The first-order valence-electron chi connectivity index (χ1n) is 5.82. The van der Waals surface area contributed by atoms with Crippen LogP contribution in [0.15, 0.2) is 0 Å². The molecule has 0 spiro atoms. The van der Waals surface area contributed by atoms with E-state index in [1.807, 2.05) is 27.7 Å². The normalized spacial score (nSPS) is 15.0. The lowest BCUT2D eigenvalue weighted by Gasteiger charge is -2.25. The van der Waals surface area contributed by atoms with Crippen molar-refractivity contribution < 1.29 is 9.59 Å². The summed E-state index contributed by atoms with van der Waals surface area (Å²) in [6.45, 7) is 11.1. The summed E-state index contributed by atoms with van der Waals surface area (Å²) in [5.41, 5.74) is 0. The maximum absolute atomic E-state index is 11.9. The van der Waals surface area contributed by atoms with Crippen molar-refractivity contribution in [2.75, 3.05) is 0 Å². The predicted molar refractivity (Wildman–Crippen MR) is 65.2 cm³/mol. The van der Waals surface area contributed by atoms with Gasteiger partial charge in [0.25, 0.3) is 0 Å². The first-order valence-corrected chi connectivity index (χ1v) is 5.82. The monoisotopic (exact) mass is 228 g/mol. The van der Waals surface area contributed by atoms with Crippen LogP contribution < -0.4 is 10.6 Å². The number of rotatable bonds is 6. The summed E-state index contributed by atoms with van der Waals surface area (Å²) in [5, 5.41) is 5.92. The largest absolute Gasteiger partial charge is 0.345 e. The molecule has 0 saturated heterocycles. The number of nitrogens with one attached hydrogen (secondary N) is 2. The lowest BCUT2D eigenvalue weighted by Crippen LogP contribution is -2.52. The molecule has 0 aromatic rings. The molecule has 0 bridgehead atoms. The van der Waals surface area contributed by atoms with Crippen molar-refractivity contribution in [2.24, 2.45) is 5.92 Å². The quantitative estimate of drug-likeness (QED) is 0.716. The number of hydrogen-bond acceptors (Lipinski definition) is 3. The first kappa shape index (κ1) is 15.1. The van der Waals surface area contributed by atoms with E-state index in [9.17, 15) is 9.59 Å². The molecule has 0 rings (SSSR count). The van der Waals surface area contributed by atoms with Gasteiger partial charge in [-0.05, 0) is 19.8 Å². The number of hydrogen-bond donors (Lipinski definition) is 2. The van der Waals surface area contributed by atoms with Gasteiger partial charge in [0.1, 0.15) is 0 Å². The van der Waals surface area contributed by atoms with Gasteiger partial charge in [0.2, 0.25) is 5.91 Å². The van der Waals surface area contributed by atoms with E-state index in [2.05, 4.69) is 10.6 Å². The van der Waals surface area contributed by atoms with E-state index in [-0.39, 0.29) is 29.7 Å². The molecule has 0 heterocycles. The molecule has 4 heteroatoms. The second kappa shape index (κ2) is 6.63. The molecule has 0 aliphatic rings. The van der Waals surface area contributed by atoms with Crippen LogP contribution in [0.2, 0.25) is 0 Å². The molecular formula is C12H24N2O2. The van der Waals surface area contributed by atoms with E-state index >= 15 is 0 Å². The van der Waals surface area contributed by atoms with E-state index in [1.54, 1.807) is 6.92 Å². The lowest BCUT2D eigenvalue weighted by molar-refractivity contribution is -0.128. The zero-order chi connectivity index (χ0) is 12.9. The molecule has 16 heavy (non-hydrogen) atoms. The van der Waals surface area contributed by atoms with Crippen molar-refractivity contribution in [2.45, 2.75) is 59.7 Å². The van der Waals surface area contributed by atoms with Crippen LogP contribution in [0, 0.1) is 5.92 Å². The van der Waals surface area contributed by atoms with E-state index in [1.165, 1.54) is 6.92 Å². The first-order chi connectivity index (χ1) is 7.25. The zero-order valence-corrected chi connectivity index (χ0v) is 11.1. The average molecular weight is 228 g/mol. The highest BCUT2D eigenvalue weighted by Gasteiger charge is 2.24. The number of Topliss-reactive ketones (excluding diaryl/α,β-unsaturated/α-hetero) is 1. The molecule has 1 amide bonds. The van der Waals surface area contributed by atoms with Gasteiger partial charge >= 0.3 is 0 Å². The van der Waals surface area contributed by atoms with Crippen LogP contribution in [0.1, 0.15) is 41.5 Å². The van der Waals surface area contributed by atoms with Gasteiger partial charge in [-0.2, -0.15) is 0 Å². The van der Waals surface area contributed by atoms with Gasteiger partial charge in [0.15, 0.2) is 5.78 Å². The third-order valence-corrected chi connectivity index (χ3v) is 2.43. The highest BCUT2D eigenvalue weighted by Crippen LogP contribution is 2.03. The Labute approximate surface area is 98.2 Å². The zero-order valence-electron chi connectivity index (χ0n) is 11.1. The molecule has 0 aliphatic heterocycles. The third-order valence-electron chi connectivity index (χ3n) is 2.43. The molecule has 0 unspecified atom stereocenters. The predicted octanol–water partition coefficient (Wildman–Crippen LogP) is 1.10. The van der Waals surface area contributed by atoms with E-state index < -0.39 is 6.04 Å².